The molecule has 1 fully saturated rings. The van der Waals surface area contributed by atoms with Crippen molar-refractivity contribution in [3.8, 4) is 0 Å². The molecule has 0 amide bonds. The Morgan fingerprint density at radius 3 is 2.53 bits per heavy atom. The molecule has 0 aromatic carbocycles. The molecule has 1 heterocycles. The Morgan fingerprint density at radius 1 is 1.26 bits per heavy atom. The van der Waals surface area contributed by atoms with Crippen LogP contribution < -0.4 is 0 Å². The molecular formula is C16H27NOS. The summed E-state index contributed by atoms with van der Waals surface area (Å²) >= 11 is 4.67. The van der Waals surface area contributed by atoms with Crippen LogP contribution in [-0.4, -0.2) is 23.7 Å². The molecule has 0 bridgehead atoms. The summed E-state index contributed by atoms with van der Waals surface area (Å²) in [6, 6.07) is 4.05. The third-order valence-corrected chi connectivity index (χ3v) is 5.14. The molecule has 0 atom stereocenters. The summed E-state index contributed by atoms with van der Waals surface area (Å²) in [5.74, 6) is 2.09. The standard InChI is InChI=1S/C16H27NOS/c1-2-17(12-15-8-7-11-18-15)13-16(14-19)9-5-3-4-6-10-16/h7-8,11,19H,2-6,9-10,12-14H2,1H3. The maximum absolute atomic E-state index is 5.49. The fraction of sp³-hybridized carbons (Fsp3) is 0.750. The summed E-state index contributed by atoms with van der Waals surface area (Å²) in [7, 11) is 0. The zero-order chi connectivity index (χ0) is 13.6. The van der Waals surface area contributed by atoms with Crippen molar-refractivity contribution < 1.29 is 4.42 Å². The van der Waals surface area contributed by atoms with Crippen LogP contribution in [0.3, 0.4) is 0 Å². The lowest BCUT2D eigenvalue weighted by atomic mass is 9.81. The molecule has 1 aromatic rings. The third kappa shape index (κ3) is 4.28. The second-order valence-electron chi connectivity index (χ2n) is 5.95. The number of rotatable bonds is 6. The van der Waals surface area contributed by atoms with Crippen LogP contribution >= 0.6 is 12.6 Å². The van der Waals surface area contributed by atoms with Crippen LogP contribution in [0.4, 0.5) is 0 Å². The van der Waals surface area contributed by atoms with Gasteiger partial charge in [-0.3, -0.25) is 4.90 Å². The van der Waals surface area contributed by atoms with Crippen LogP contribution in [0.15, 0.2) is 22.8 Å². The maximum Gasteiger partial charge on any atom is 0.117 e. The van der Waals surface area contributed by atoms with Crippen LogP contribution in [-0.2, 0) is 6.54 Å². The zero-order valence-corrected chi connectivity index (χ0v) is 13.0. The van der Waals surface area contributed by atoms with Crippen molar-refractivity contribution in [3.63, 3.8) is 0 Å². The number of thiol groups is 1. The van der Waals surface area contributed by atoms with E-state index in [1.165, 1.54) is 38.5 Å². The molecular weight excluding hydrogens is 254 g/mol. The summed E-state index contributed by atoms with van der Waals surface area (Å²) in [4.78, 5) is 2.51. The predicted octanol–water partition coefficient (Wildman–Crippen LogP) is 4.37. The molecule has 0 saturated heterocycles. The van der Waals surface area contributed by atoms with E-state index in [1.54, 1.807) is 6.26 Å². The predicted molar refractivity (Wildman–Crippen MR) is 83.6 cm³/mol. The largest absolute Gasteiger partial charge is 0.468 e. The molecule has 0 N–H and O–H groups in total. The van der Waals surface area contributed by atoms with Gasteiger partial charge in [-0.2, -0.15) is 12.6 Å². The van der Waals surface area contributed by atoms with E-state index in [9.17, 15) is 0 Å². The first-order valence-electron chi connectivity index (χ1n) is 7.63. The van der Waals surface area contributed by atoms with Gasteiger partial charge in [-0.1, -0.05) is 32.6 Å². The summed E-state index contributed by atoms with van der Waals surface area (Å²) in [5.41, 5.74) is 0.419. The molecule has 1 aliphatic rings. The van der Waals surface area contributed by atoms with Gasteiger partial charge in [0.15, 0.2) is 0 Å². The lowest BCUT2D eigenvalue weighted by molar-refractivity contribution is 0.142. The van der Waals surface area contributed by atoms with Gasteiger partial charge in [0, 0.05) is 6.54 Å². The van der Waals surface area contributed by atoms with Crippen LogP contribution in [0.25, 0.3) is 0 Å². The van der Waals surface area contributed by atoms with Crippen molar-refractivity contribution in [2.45, 2.75) is 52.0 Å². The van der Waals surface area contributed by atoms with Crippen molar-refractivity contribution in [1.29, 1.82) is 0 Å². The van der Waals surface area contributed by atoms with Gasteiger partial charge in [0.25, 0.3) is 0 Å². The fourth-order valence-corrected chi connectivity index (χ4v) is 3.64. The Bertz CT molecular complexity index is 342. The topological polar surface area (TPSA) is 16.4 Å². The zero-order valence-electron chi connectivity index (χ0n) is 12.1. The molecule has 1 saturated carbocycles. The Morgan fingerprint density at radius 2 is 2.00 bits per heavy atom. The minimum Gasteiger partial charge on any atom is -0.468 e. The molecule has 0 unspecified atom stereocenters. The summed E-state index contributed by atoms with van der Waals surface area (Å²) in [6.07, 6.45) is 10.00. The molecule has 108 valence electrons. The Kier molecular flexibility index (Phi) is 5.83. The first-order valence-corrected chi connectivity index (χ1v) is 8.27. The second-order valence-corrected chi connectivity index (χ2v) is 6.27. The average molecular weight is 281 g/mol. The summed E-state index contributed by atoms with van der Waals surface area (Å²) in [5, 5.41) is 0. The van der Waals surface area contributed by atoms with Crippen LogP contribution in [0.2, 0.25) is 0 Å². The lowest BCUT2D eigenvalue weighted by Crippen LogP contribution is -2.38. The van der Waals surface area contributed by atoms with E-state index < -0.39 is 0 Å². The van der Waals surface area contributed by atoms with Crippen LogP contribution in [0.5, 0.6) is 0 Å². The van der Waals surface area contributed by atoms with Gasteiger partial charge in [-0.05, 0) is 42.7 Å². The van der Waals surface area contributed by atoms with Gasteiger partial charge in [0.2, 0.25) is 0 Å². The van der Waals surface area contributed by atoms with Gasteiger partial charge in [0.05, 0.1) is 12.8 Å². The van der Waals surface area contributed by atoms with Gasteiger partial charge >= 0.3 is 0 Å². The van der Waals surface area contributed by atoms with Gasteiger partial charge in [0.1, 0.15) is 5.76 Å². The highest BCUT2D eigenvalue weighted by molar-refractivity contribution is 7.80. The summed E-state index contributed by atoms with van der Waals surface area (Å²) < 4.78 is 5.49. The molecule has 19 heavy (non-hydrogen) atoms. The van der Waals surface area contributed by atoms with Crippen LogP contribution in [0.1, 0.15) is 51.2 Å². The Labute approximate surface area is 123 Å². The minimum absolute atomic E-state index is 0.419. The molecule has 2 rings (SSSR count). The molecule has 0 radical (unpaired) electrons. The van der Waals surface area contributed by atoms with E-state index in [1.807, 2.05) is 6.07 Å². The molecule has 1 aliphatic carbocycles. The third-order valence-electron chi connectivity index (χ3n) is 4.47. The first kappa shape index (κ1) is 15.0. The minimum atomic E-state index is 0.419. The number of hydrogen-bond donors (Lipinski definition) is 1. The van der Waals surface area contributed by atoms with Gasteiger partial charge in [-0.15, -0.1) is 0 Å². The van der Waals surface area contributed by atoms with Gasteiger partial charge in [-0.25, -0.2) is 0 Å². The molecule has 3 heteroatoms. The van der Waals surface area contributed by atoms with Crippen molar-refractivity contribution in [2.24, 2.45) is 5.41 Å². The van der Waals surface area contributed by atoms with Gasteiger partial charge < -0.3 is 4.42 Å². The first-order chi connectivity index (χ1) is 9.28. The highest BCUT2D eigenvalue weighted by atomic mass is 32.1. The monoisotopic (exact) mass is 281 g/mol. The number of nitrogens with zero attached hydrogens (tertiary/aromatic N) is 1. The molecule has 1 aromatic heterocycles. The fourth-order valence-electron chi connectivity index (χ4n) is 3.22. The van der Waals surface area contributed by atoms with Crippen molar-refractivity contribution in [1.82, 2.24) is 4.90 Å². The summed E-state index contributed by atoms with van der Waals surface area (Å²) in [6.45, 7) is 5.41. The van der Waals surface area contributed by atoms with Crippen LogP contribution in [0, 0.1) is 5.41 Å². The quantitative estimate of drug-likeness (QED) is 0.615. The van der Waals surface area contributed by atoms with Crippen molar-refractivity contribution in [2.75, 3.05) is 18.8 Å². The smallest absolute Gasteiger partial charge is 0.117 e. The highest BCUT2D eigenvalue weighted by Crippen LogP contribution is 2.37. The number of furan rings is 1. The van der Waals surface area contributed by atoms with Crippen molar-refractivity contribution >= 4 is 12.6 Å². The lowest BCUT2D eigenvalue weighted by Gasteiger charge is -2.36. The Hall–Kier alpha value is -0.410. The van der Waals surface area contributed by atoms with E-state index in [0.717, 1.165) is 31.1 Å². The highest BCUT2D eigenvalue weighted by Gasteiger charge is 2.31. The molecule has 2 nitrogen and oxygen atoms in total. The maximum atomic E-state index is 5.49. The number of hydrogen-bond acceptors (Lipinski definition) is 3. The van der Waals surface area contributed by atoms with E-state index in [2.05, 4.69) is 30.5 Å². The Balaban J connectivity index is 1.97. The normalized spacial score (nSPS) is 19.5. The van der Waals surface area contributed by atoms with E-state index in [0.29, 0.717) is 5.41 Å². The van der Waals surface area contributed by atoms with E-state index >= 15 is 0 Å². The van der Waals surface area contributed by atoms with E-state index in [-0.39, 0.29) is 0 Å². The molecule has 0 aliphatic heterocycles. The van der Waals surface area contributed by atoms with Crippen molar-refractivity contribution in [3.05, 3.63) is 24.2 Å². The molecule has 0 spiro atoms. The van der Waals surface area contributed by atoms with E-state index in [4.69, 9.17) is 4.42 Å². The second kappa shape index (κ2) is 7.39. The SMILES string of the molecule is CCN(Cc1ccco1)CC1(CS)CCCCCC1. The average Bonchev–Trinajstić information content (AvgIpc) is 2.83.